The van der Waals surface area contributed by atoms with E-state index in [4.69, 9.17) is 0 Å². The molecule has 0 aliphatic heterocycles. The third-order valence-electron chi connectivity index (χ3n) is 1.15. The molecule has 0 aromatic heterocycles. The highest BCUT2D eigenvalue weighted by molar-refractivity contribution is 7.91. The van der Waals surface area contributed by atoms with Crippen LogP contribution in [0.15, 0.2) is 0 Å². The van der Waals surface area contributed by atoms with Gasteiger partial charge in [-0.3, -0.25) is 0 Å². The molecule has 0 unspecified atom stereocenters. The van der Waals surface area contributed by atoms with Gasteiger partial charge in [-0.05, 0) is 20.3 Å². The quantitative estimate of drug-likeness (QED) is 0.600. The van der Waals surface area contributed by atoms with Gasteiger partial charge < -0.3 is 0 Å². The van der Waals surface area contributed by atoms with Gasteiger partial charge in [0.25, 0.3) is 0 Å². The van der Waals surface area contributed by atoms with E-state index in [0.29, 0.717) is 6.42 Å². The van der Waals surface area contributed by atoms with Gasteiger partial charge in [0.05, 0.1) is 11.0 Å². The lowest BCUT2D eigenvalue weighted by atomic mass is 10.6. The lowest BCUT2D eigenvalue weighted by Crippen LogP contribution is -2.16. The van der Waals surface area contributed by atoms with Crippen LogP contribution >= 0.6 is 0 Å². The van der Waals surface area contributed by atoms with E-state index < -0.39 is 9.84 Å². The largest absolute Gasteiger partial charge is 0.229 e. The van der Waals surface area contributed by atoms with Gasteiger partial charge in [0.1, 0.15) is 0 Å². The third-order valence-corrected chi connectivity index (χ3v) is 3.44. The Morgan fingerprint density at radius 3 is 2.00 bits per heavy atom. The van der Waals surface area contributed by atoms with Crippen molar-refractivity contribution in [1.29, 1.82) is 0 Å². The summed E-state index contributed by atoms with van der Waals surface area (Å²) in [6.07, 6.45) is 0.473. The van der Waals surface area contributed by atoms with Crippen LogP contribution in [-0.4, -0.2) is 19.4 Å². The highest BCUT2D eigenvalue weighted by Crippen LogP contribution is 2.00. The SMILES string of the molecule is [CH2]CCS(=O)(=O)C(C)C. The van der Waals surface area contributed by atoms with E-state index in [2.05, 4.69) is 6.92 Å². The van der Waals surface area contributed by atoms with E-state index in [-0.39, 0.29) is 11.0 Å². The van der Waals surface area contributed by atoms with Crippen molar-refractivity contribution in [3.63, 3.8) is 0 Å². The summed E-state index contributed by atoms with van der Waals surface area (Å²) in [6.45, 7) is 6.85. The number of rotatable bonds is 3. The van der Waals surface area contributed by atoms with Crippen molar-refractivity contribution < 1.29 is 8.42 Å². The number of sulfone groups is 1. The maximum Gasteiger partial charge on any atom is 0.152 e. The lowest BCUT2D eigenvalue weighted by Gasteiger charge is -2.03. The van der Waals surface area contributed by atoms with Crippen LogP contribution in [0.3, 0.4) is 0 Å². The van der Waals surface area contributed by atoms with Crippen LogP contribution in [0.2, 0.25) is 0 Å². The molecule has 0 N–H and O–H groups in total. The molecule has 0 heterocycles. The molecule has 0 spiro atoms. The Kier molecular flexibility index (Phi) is 3.18. The smallest absolute Gasteiger partial charge is 0.152 e. The van der Waals surface area contributed by atoms with Crippen LogP contribution in [0.4, 0.5) is 0 Å². The molecule has 1 radical (unpaired) electrons. The first-order valence-corrected chi connectivity index (χ1v) is 4.73. The first-order chi connectivity index (χ1) is 4.00. The average Bonchev–Trinajstić information content (AvgIpc) is 1.65. The molecular weight excluding hydrogens is 136 g/mol. The molecule has 0 aromatic carbocycles. The van der Waals surface area contributed by atoms with E-state index in [1.165, 1.54) is 0 Å². The Balaban J connectivity index is 4.05. The molecule has 0 saturated carbocycles. The molecule has 55 valence electrons. The van der Waals surface area contributed by atoms with E-state index in [1.807, 2.05) is 0 Å². The van der Waals surface area contributed by atoms with Crippen molar-refractivity contribution in [1.82, 2.24) is 0 Å². The molecule has 0 amide bonds. The van der Waals surface area contributed by atoms with Crippen LogP contribution in [0.25, 0.3) is 0 Å². The summed E-state index contributed by atoms with van der Waals surface area (Å²) in [7, 11) is -2.81. The summed E-state index contributed by atoms with van der Waals surface area (Å²) in [5.74, 6) is 0.213. The summed E-state index contributed by atoms with van der Waals surface area (Å²) in [6, 6.07) is 0. The van der Waals surface area contributed by atoms with Crippen LogP contribution in [0.5, 0.6) is 0 Å². The molecule has 0 saturated heterocycles. The molecule has 0 fully saturated rings. The van der Waals surface area contributed by atoms with Gasteiger partial charge in [0.2, 0.25) is 0 Å². The second kappa shape index (κ2) is 3.20. The summed E-state index contributed by atoms with van der Waals surface area (Å²) in [4.78, 5) is 0. The molecule has 0 aliphatic carbocycles. The second-order valence-corrected chi connectivity index (χ2v) is 4.95. The highest BCUT2D eigenvalue weighted by atomic mass is 32.2. The van der Waals surface area contributed by atoms with Crippen molar-refractivity contribution in [3.05, 3.63) is 6.92 Å². The van der Waals surface area contributed by atoms with Gasteiger partial charge in [-0.15, -0.1) is 0 Å². The molecule has 0 bridgehead atoms. The van der Waals surface area contributed by atoms with Crippen molar-refractivity contribution in [2.45, 2.75) is 25.5 Å². The molecule has 3 heteroatoms. The molecular formula is C6H13O2S. The van der Waals surface area contributed by atoms with Crippen molar-refractivity contribution >= 4 is 9.84 Å². The zero-order valence-electron chi connectivity index (χ0n) is 5.92. The Morgan fingerprint density at radius 1 is 1.44 bits per heavy atom. The minimum Gasteiger partial charge on any atom is -0.229 e. The molecule has 0 atom stereocenters. The van der Waals surface area contributed by atoms with E-state index >= 15 is 0 Å². The molecule has 0 aromatic rings. The van der Waals surface area contributed by atoms with Crippen LogP contribution in [0.1, 0.15) is 20.3 Å². The molecule has 0 rings (SSSR count). The van der Waals surface area contributed by atoms with Gasteiger partial charge in [-0.25, -0.2) is 8.42 Å². The van der Waals surface area contributed by atoms with Crippen molar-refractivity contribution in [2.75, 3.05) is 5.75 Å². The van der Waals surface area contributed by atoms with Gasteiger partial charge in [-0.1, -0.05) is 6.92 Å². The minimum absolute atomic E-state index is 0.213. The maximum absolute atomic E-state index is 10.9. The van der Waals surface area contributed by atoms with Crippen molar-refractivity contribution in [2.24, 2.45) is 0 Å². The van der Waals surface area contributed by atoms with Crippen LogP contribution in [-0.2, 0) is 9.84 Å². The van der Waals surface area contributed by atoms with E-state index in [0.717, 1.165) is 0 Å². The van der Waals surface area contributed by atoms with Crippen LogP contribution < -0.4 is 0 Å². The zero-order chi connectivity index (χ0) is 7.49. The third kappa shape index (κ3) is 2.84. The summed E-state index contributed by atoms with van der Waals surface area (Å²) in [5.41, 5.74) is 0. The summed E-state index contributed by atoms with van der Waals surface area (Å²) < 4.78 is 21.8. The maximum atomic E-state index is 10.9. The van der Waals surface area contributed by atoms with Crippen molar-refractivity contribution in [3.8, 4) is 0 Å². The lowest BCUT2D eigenvalue weighted by molar-refractivity contribution is 0.587. The van der Waals surface area contributed by atoms with E-state index in [9.17, 15) is 8.42 Å². The topological polar surface area (TPSA) is 34.1 Å². The Hall–Kier alpha value is -0.0500. The fourth-order valence-electron chi connectivity index (χ4n) is 0.437. The standard InChI is InChI=1S/C6H13O2S/c1-4-5-9(7,8)6(2)3/h6H,1,4-5H2,2-3H3. The predicted molar refractivity (Wildman–Crippen MR) is 38.9 cm³/mol. The first-order valence-electron chi connectivity index (χ1n) is 3.01. The monoisotopic (exact) mass is 149 g/mol. The summed E-state index contributed by atoms with van der Waals surface area (Å²) >= 11 is 0. The zero-order valence-corrected chi connectivity index (χ0v) is 6.74. The molecule has 0 aliphatic rings. The second-order valence-electron chi connectivity index (χ2n) is 2.27. The Morgan fingerprint density at radius 2 is 1.89 bits per heavy atom. The van der Waals surface area contributed by atoms with Gasteiger partial charge in [0.15, 0.2) is 9.84 Å². The number of hydrogen-bond acceptors (Lipinski definition) is 2. The van der Waals surface area contributed by atoms with Gasteiger partial charge >= 0.3 is 0 Å². The average molecular weight is 149 g/mol. The highest BCUT2D eigenvalue weighted by Gasteiger charge is 2.13. The van der Waals surface area contributed by atoms with Gasteiger partial charge in [-0.2, -0.15) is 0 Å². The molecule has 2 nitrogen and oxygen atoms in total. The van der Waals surface area contributed by atoms with Gasteiger partial charge in [0, 0.05) is 0 Å². The molecule has 9 heavy (non-hydrogen) atoms. The Labute approximate surface area is 57.2 Å². The predicted octanol–water partition coefficient (Wildman–Crippen LogP) is 1.03. The first kappa shape index (κ1) is 8.95. The van der Waals surface area contributed by atoms with Crippen LogP contribution in [0, 0.1) is 6.92 Å². The fourth-order valence-corrected chi connectivity index (χ4v) is 1.31. The normalized spacial score (nSPS) is 12.4. The van der Waals surface area contributed by atoms with E-state index in [1.54, 1.807) is 13.8 Å². The minimum atomic E-state index is -2.81. The summed E-state index contributed by atoms with van der Waals surface area (Å²) in [5, 5.41) is -0.251. The Bertz CT molecular complexity index is 156. The number of hydrogen-bond donors (Lipinski definition) is 0. The fraction of sp³-hybridized carbons (Fsp3) is 0.833.